The van der Waals surface area contributed by atoms with Crippen molar-refractivity contribution in [3.05, 3.63) is 34.9 Å². The zero-order valence-corrected chi connectivity index (χ0v) is 10.9. The fraction of sp³-hybridized carbons (Fsp3) is 0.600. The van der Waals surface area contributed by atoms with Crippen LogP contribution in [0.25, 0.3) is 0 Å². The average molecular weight is 233 g/mol. The van der Waals surface area contributed by atoms with Gasteiger partial charge in [0.05, 0.1) is 5.60 Å². The maximum absolute atomic E-state index is 9.58. The number of fused-ring (bicyclic) bond motifs is 1. The van der Waals surface area contributed by atoms with Crippen molar-refractivity contribution in [3.8, 4) is 0 Å². The standard InChI is InChI=1S/C15H23NO/c1-15(2,17)11-16-9-8-12-6-7-13-4-3-5-14(13)10-12/h6-7,10,16-17H,3-5,8-9,11H2,1-2H3. The van der Waals surface area contributed by atoms with Crippen molar-refractivity contribution >= 4 is 0 Å². The van der Waals surface area contributed by atoms with Crippen LogP contribution in [0.1, 0.15) is 37.0 Å². The minimum absolute atomic E-state index is 0.613. The number of aryl methyl sites for hydroxylation is 2. The smallest absolute Gasteiger partial charge is 0.0715 e. The van der Waals surface area contributed by atoms with E-state index >= 15 is 0 Å². The third-order valence-corrected chi connectivity index (χ3v) is 3.31. The lowest BCUT2D eigenvalue weighted by atomic mass is 10.0. The summed E-state index contributed by atoms with van der Waals surface area (Å²) in [5.74, 6) is 0. The molecule has 0 atom stereocenters. The van der Waals surface area contributed by atoms with Gasteiger partial charge in [0.2, 0.25) is 0 Å². The van der Waals surface area contributed by atoms with Crippen LogP contribution in [0.15, 0.2) is 18.2 Å². The molecule has 1 aliphatic rings. The molecular weight excluding hydrogens is 210 g/mol. The molecule has 1 aliphatic carbocycles. The molecule has 0 spiro atoms. The van der Waals surface area contributed by atoms with E-state index in [1.165, 1.54) is 24.8 Å². The van der Waals surface area contributed by atoms with Gasteiger partial charge in [-0.05, 0) is 62.8 Å². The van der Waals surface area contributed by atoms with Crippen LogP contribution in [0.2, 0.25) is 0 Å². The molecule has 1 aromatic rings. The number of nitrogens with one attached hydrogen (secondary N) is 1. The van der Waals surface area contributed by atoms with Crippen molar-refractivity contribution in [1.29, 1.82) is 0 Å². The van der Waals surface area contributed by atoms with E-state index in [4.69, 9.17) is 0 Å². The van der Waals surface area contributed by atoms with Gasteiger partial charge in [-0.25, -0.2) is 0 Å². The Bertz CT molecular complexity index is 379. The molecule has 0 aliphatic heterocycles. The Labute approximate surface area is 104 Å². The van der Waals surface area contributed by atoms with Crippen LogP contribution < -0.4 is 5.32 Å². The number of benzene rings is 1. The molecule has 17 heavy (non-hydrogen) atoms. The van der Waals surface area contributed by atoms with E-state index in [9.17, 15) is 5.11 Å². The van der Waals surface area contributed by atoms with Gasteiger partial charge < -0.3 is 10.4 Å². The van der Waals surface area contributed by atoms with Crippen LogP contribution in [0, 0.1) is 0 Å². The van der Waals surface area contributed by atoms with Crippen molar-refractivity contribution in [3.63, 3.8) is 0 Å². The van der Waals surface area contributed by atoms with Crippen molar-refractivity contribution in [2.24, 2.45) is 0 Å². The SMILES string of the molecule is CC(C)(O)CNCCc1ccc2c(c1)CCC2. The molecule has 0 radical (unpaired) electrons. The van der Waals surface area contributed by atoms with Crippen molar-refractivity contribution in [2.45, 2.75) is 45.1 Å². The number of hydrogen-bond acceptors (Lipinski definition) is 2. The van der Waals surface area contributed by atoms with Gasteiger partial charge in [0.15, 0.2) is 0 Å². The summed E-state index contributed by atoms with van der Waals surface area (Å²) < 4.78 is 0. The highest BCUT2D eigenvalue weighted by atomic mass is 16.3. The topological polar surface area (TPSA) is 32.3 Å². The first kappa shape index (κ1) is 12.6. The van der Waals surface area contributed by atoms with Crippen molar-refractivity contribution in [2.75, 3.05) is 13.1 Å². The summed E-state index contributed by atoms with van der Waals surface area (Å²) in [4.78, 5) is 0. The van der Waals surface area contributed by atoms with E-state index in [1.54, 1.807) is 11.1 Å². The summed E-state index contributed by atoms with van der Waals surface area (Å²) in [7, 11) is 0. The van der Waals surface area contributed by atoms with Gasteiger partial charge in [-0.3, -0.25) is 0 Å². The van der Waals surface area contributed by atoms with E-state index in [0.29, 0.717) is 6.54 Å². The number of aliphatic hydroxyl groups is 1. The largest absolute Gasteiger partial charge is 0.389 e. The summed E-state index contributed by atoms with van der Waals surface area (Å²) in [5, 5.41) is 12.9. The third kappa shape index (κ3) is 3.83. The van der Waals surface area contributed by atoms with Gasteiger partial charge in [0.1, 0.15) is 0 Å². The molecule has 0 unspecified atom stereocenters. The van der Waals surface area contributed by atoms with Gasteiger partial charge in [-0.1, -0.05) is 18.2 Å². The molecule has 2 N–H and O–H groups in total. The molecule has 1 aromatic carbocycles. The van der Waals surface area contributed by atoms with Crippen LogP contribution >= 0.6 is 0 Å². The first-order valence-electron chi connectivity index (χ1n) is 6.58. The van der Waals surface area contributed by atoms with Gasteiger partial charge in [-0.15, -0.1) is 0 Å². The summed E-state index contributed by atoms with van der Waals surface area (Å²) in [6.45, 7) is 5.24. The molecule has 0 saturated carbocycles. The zero-order valence-electron chi connectivity index (χ0n) is 10.9. The van der Waals surface area contributed by atoms with E-state index in [-0.39, 0.29) is 0 Å². The van der Waals surface area contributed by atoms with Crippen LogP contribution in [0.3, 0.4) is 0 Å². The lowest BCUT2D eigenvalue weighted by Gasteiger charge is -2.17. The van der Waals surface area contributed by atoms with Gasteiger partial charge in [0.25, 0.3) is 0 Å². The quantitative estimate of drug-likeness (QED) is 0.763. The molecule has 0 heterocycles. The summed E-state index contributed by atoms with van der Waals surface area (Å²) in [5.41, 5.74) is 3.88. The Morgan fingerprint density at radius 2 is 2.00 bits per heavy atom. The first-order chi connectivity index (χ1) is 8.04. The van der Waals surface area contributed by atoms with Crippen molar-refractivity contribution in [1.82, 2.24) is 5.32 Å². The van der Waals surface area contributed by atoms with Crippen LogP contribution in [0.4, 0.5) is 0 Å². The highest BCUT2D eigenvalue weighted by molar-refractivity contribution is 5.35. The first-order valence-corrected chi connectivity index (χ1v) is 6.58. The monoisotopic (exact) mass is 233 g/mol. The predicted molar refractivity (Wildman–Crippen MR) is 71.3 cm³/mol. The van der Waals surface area contributed by atoms with Crippen molar-refractivity contribution < 1.29 is 5.11 Å². The average Bonchev–Trinajstić information content (AvgIpc) is 2.70. The molecule has 0 bridgehead atoms. The van der Waals surface area contributed by atoms with Crippen LogP contribution in [-0.4, -0.2) is 23.8 Å². The highest BCUT2D eigenvalue weighted by Crippen LogP contribution is 2.22. The molecule has 0 aromatic heterocycles. The summed E-state index contributed by atoms with van der Waals surface area (Å²) >= 11 is 0. The highest BCUT2D eigenvalue weighted by Gasteiger charge is 2.12. The third-order valence-electron chi connectivity index (χ3n) is 3.31. The van der Waals surface area contributed by atoms with E-state index in [1.807, 2.05) is 13.8 Å². The number of hydrogen-bond donors (Lipinski definition) is 2. The predicted octanol–water partition coefficient (Wildman–Crippen LogP) is 2.08. The zero-order chi connectivity index (χ0) is 12.3. The molecule has 2 rings (SSSR count). The Balaban J connectivity index is 1.80. The normalized spacial score (nSPS) is 15.0. The van der Waals surface area contributed by atoms with Gasteiger partial charge >= 0.3 is 0 Å². The number of rotatable bonds is 5. The second kappa shape index (κ2) is 5.19. The van der Waals surface area contributed by atoms with E-state index < -0.39 is 5.60 Å². The molecule has 2 nitrogen and oxygen atoms in total. The lowest BCUT2D eigenvalue weighted by molar-refractivity contribution is 0.0801. The molecule has 0 fully saturated rings. The van der Waals surface area contributed by atoms with Gasteiger partial charge in [-0.2, -0.15) is 0 Å². The Morgan fingerprint density at radius 3 is 2.76 bits per heavy atom. The van der Waals surface area contributed by atoms with Gasteiger partial charge in [0, 0.05) is 6.54 Å². The summed E-state index contributed by atoms with van der Waals surface area (Å²) in [6, 6.07) is 6.89. The second-order valence-corrected chi connectivity index (χ2v) is 5.70. The minimum atomic E-state index is -0.613. The van der Waals surface area contributed by atoms with Crippen LogP contribution in [0.5, 0.6) is 0 Å². The Kier molecular flexibility index (Phi) is 3.85. The molecule has 0 saturated heterocycles. The van der Waals surface area contributed by atoms with E-state index in [2.05, 4.69) is 23.5 Å². The van der Waals surface area contributed by atoms with Crippen LogP contribution in [-0.2, 0) is 19.3 Å². The molecular formula is C15H23NO. The maximum atomic E-state index is 9.58. The summed E-state index contributed by atoms with van der Waals surface area (Å²) in [6.07, 6.45) is 4.87. The second-order valence-electron chi connectivity index (χ2n) is 5.70. The van der Waals surface area contributed by atoms with E-state index in [0.717, 1.165) is 13.0 Å². The lowest BCUT2D eigenvalue weighted by Crippen LogP contribution is -2.35. The Hall–Kier alpha value is -0.860. The Morgan fingerprint density at radius 1 is 1.24 bits per heavy atom. The molecule has 0 amide bonds. The maximum Gasteiger partial charge on any atom is 0.0715 e. The fourth-order valence-corrected chi connectivity index (χ4v) is 2.41. The fourth-order valence-electron chi connectivity index (χ4n) is 2.41. The molecule has 94 valence electrons. The minimum Gasteiger partial charge on any atom is -0.389 e. The molecule has 2 heteroatoms.